The van der Waals surface area contributed by atoms with E-state index < -0.39 is 0 Å². The third-order valence-corrected chi connectivity index (χ3v) is 2.42. The van der Waals surface area contributed by atoms with E-state index in [1.54, 1.807) is 0 Å². The maximum atomic E-state index is 5.30. The monoisotopic (exact) mass is 184 g/mol. The van der Waals surface area contributed by atoms with Gasteiger partial charge < -0.3 is 4.74 Å². The summed E-state index contributed by atoms with van der Waals surface area (Å²) in [5.41, 5.74) is 0. The van der Waals surface area contributed by atoms with Crippen molar-refractivity contribution in [3.63, 3.8) is 0 Å². The molecular weight excluding hydrogens is 162 g/mol. The van der Waals surface area contributed by atoms with Crippen molar-refractivity contribution in [1.82, 2.24) is 4.90 Å². The molecule has 1 radical (unpaired) electrons. The molecule has 1 atom stereocenters. The first-order valence-corrected chi connectivity index (χ1v) is 5.31. The van der Waals surface area contributed by atoms with Gasteiger partial charge in [-0.2, -0.15) is 0 Å². The van der Waals surface area contributed by atoms with Crippen molar-refractivity contribution in [3.8, 4) is 0 Å². The number of rotatable bonds is 4. The Labute approximate surface area is 82.3 Å². The van der Waals surface area contributed by atoms with Gasteiger partial charge in [-0.15, -0.1) is 0 Å². The van der Waals surface area contributed by atoms with Crippen LogP contribution in [0.3, 0.4) is 0 Å². The molecule has 1 unspecified atom stereocenters. The van der Waals surface area contributed by atoms with E-state index in [1.807, 2.05) is 0 Å². The molecule has 0 aliphatic carbocycles. The fourth-order valence-electron chi connectivity index (χ4n) is 1.89. The van der Waals surface area contributed by atoms with Gasteiger partial charge in [-0.25, -0.2) is 0 Å². The largest absolute Gasteiger partial charge is 0.379 e. The van der Waals surface area contributed by atoms with E-state index in [0.717, 1.165) is 38.8 Å². The van der Waals surface area contributed by atoms with Gasteiger partial charge in [0.15, 0.2) is 0 Å². The van der Waals surface area contributed by atoms with Crippen LogP contribution in [0.1, 0.15) is 20.3 Å². The van der Waals surface area contributed by atoms with Crippen LogP contribution in [0.5, 0.6) is 0 Å². The van der Waals surface area contributed by atoms with E-state index in [9.17, 15) is 0 Å². The molecule has 1 aliphatic rings. The summed E-state index contributed by atoms with van der Waals surface area (Å²) in [6.07, 6.45) is 1.23. The molecule has 0 bridgehead atoms. The summed E-state index contributed by atoms with van der Waals surface area (Å²) in [5, 5.41) is 0. The second-order valence-corrected chi connectivity index (χ2v) is 4.41. The van der Waals surface area contributed by atoms with Crippen molar-refractivity contribution in [3.05, 3.63) is 6.92 Å². The lowest BCUT2D eigenvalue weighted by atomic mass is 9.98. The summed E-state index contributed by atoms with van der Waals surface area (Å²) in [7, 11) is 0. The number of hydrogen-bond donors (Lipinski definition) is 0. The molecule has 0 aromatic carbocycles. The van der Waals surface area contributed by atoms with Crippen molar-refractivity contribution in [2.75, 3.05) is 32.8 Å². The lowest BCUT2D eigenvalue weighted by Crippen LogP contribution is -2.39. The zero-order valence-corrected chi connectivity index (χ0v) is 8.96. The number of hydrogen-bond acceptors (Lipinski definition) is 2. The van der Waals surface area contributed by atoms with Gasteiger partial charge >= 0.3 is 0 Å². The highest BCUT2D eigenvalue weighted by molar-refractivity contribution is 4.70. The quantitative estimate of drug-likeness (QED) is 0.661. The summed E-state index contributed by atoms with van der Waals surface area (Å²) in [6.45, 7) is 13.8. The van der Waals surface area contributed by atoms with E-state index in [1.165, 1.54) is 6.42 Å². The molecule has 0 aromatic rings. The Hall–Kier alpha value is -0.0800. The molecule has 13 heavy (non-hydrogen) atoms. The van der Waals surface area contributed by atoms with Gasteiger partial charge in [-0.05, 0) is 25.2 Å². The molecule has 0 spiro atoms. The van der Waals surface area contributed by atoms with Crippen molar-refractivity contribution in [1.29, 1.82) is 0 Å². The highest BCUT2D eigenvalue weighted by atomic mass is 16.5. The molecule has 1 saturated heterocycles. The van der Waals surface area contributed by atoms with E-state index in [2.05, 4.69) is 25.7 Å². The highest BCUT2D eigenvalue weighted by Crippen LogP contribution is 2.12. The molecule has 0 N–H and O–H groups in total. The average molecular weight is 184 g/mol. The summed E-state index contributed by atoms with van der Waals surface area (Å²) in [5.74, 6) is 1.35. The van der Waals surface area contributed by atoms with Crippen LogP contribution in [0.25, 0.3) is 0 Å². The Kier molecular flexibility index (Phi) is 4.74. The fraction of sp³-hybridized carbons (Fsp3) is 0.909. The number of morpholine rings is 1. The van der Waals surface area contributed by atoms with Gasteiger partial charge in [0, 0.05) is 19.6 Å². The summed E-state index contributed by atoms with van der Waals surface area (Å²) in [6, 6.07) is 0. The topological polar surface area (TPSA) is 12.5 Å². The predicted molar refractivity (Wildman–Crippen MR) is 55.6 cm³/mol. The van der Waals surface area contributed by atoms with Crippen molar-refractivity contribution < 1.29 is 4.74 Å². The van der Waals surface area contributed by atoms with Gasteiger partial charge in [0.25, 0.3) is 0 Å². The van der Waals surface area contributed by atoms with Crippen molar-refractivity contribution in [2.45, 2.75) is 20.3 Å². The van der Waals surface area contributed by atoms with Crippen LogP contribution in [-0.4, -0.2) is 37.7 Å². The fourth-order valence-corrected chi connectivity index (χ4v) is 1.89. The molecule has 77 valence electrons. The Morgan fingerprint density at radius 3 is 2.46 bits per heavy atom. The minimum absolute atomic E-state index is 0.582. The van der Waals surface area contributed by atoms with Crippen LogP contribution in [0, 0.1) is 18.8 Å². The molecule has 0 amide bonds. The SMILES string of the molecule is [CH2]C(CC(C)C)CN1CCOCC1. The molecule has 1 aliphatic heterocycles. The van der Waals surface area contributed by atoms with Crippen LogP contribution in [0.15, 0.2) is 0 Å². The van der Waals surface area contributed by atoms with Gasteiger partial charge in [-0.3, -0.25) is 4.90 Å². The summed E-state index contributed by atoms with van der Waals surface area (Å²) >= 11 is 0. The Balaban J connectivity index is 2.14. The van der Waals surface area contributed by atoms with E-state index in [4.69, 9.17) is 4.74 Å². The third-order valence-electron chi connectivity index (χ3n) is 2.42. The molecule has 1 fully saturated rings. The maximum absolute atomic E-state index is 5.30. The molecule has 2 nitrogen and oxygen atoms in total. The third kappa shape index (κ3) is 4.63. The molecule has 1 rings (SSSR count). The van der Waals surface area contributed by atoms with Crippen LogP contribution < -0.4 is 0 Å². The second kappa shape index (κ2) is 5.61. The Morgan fingerprint density at radius 1 is 1.31 bits per heavy atom. The highest BCUT2D eigenvalue weighted by Gasteiger charge is 2.14. The van der Waals surface area contributed by atoms with Crippen LogP contribution in [-0.2, 0) is 4.74 Å². The molecule has 0 aromatic heterocycles. The molecular formula is C11H22NO. The van der Waals surface area contributed by atoms with E-state index in [0.29, 0.717) is 5.92 Å². The lowest BCUT2D eigenvalue weighted by molar-refractivity contribution is 0.0322. The maximum Gasteiger partial charge on any atom is 0.0594 e. The second-order valence-electron chi connectivity index (χ2n) is 4.41. The van der Waals surface area contributed by atoms with E-state index in [-0.39, 0.29) is 0 Å². The molecule has 1 heterocycles. The summed E-state index contributed by atoms with van der Waals surface area (Å²) < 4.78 is 5.30. The molecule has 2 heteroatoms. The van der Waals surface area contributed by atoms with Crippen LogP contribution in [0.2, 0.25) is 0 Å². The van der Waals surface area contributed by atoms with Gasteiger partial charge in [0.05, 0.1) is 13.2 Å². The average Bonchev–Trinajstić information content (AvgIpc) is 2.04. The Morgan fingerprint density at radius 2 is 1.92 bits per heavy atom. The molecule has 0 saturated carbocycles. The van der Waals surface area contributed by atoms with E-state index >= 15 is 0 Å². The minimum Gasteiger partial charge on any atom is -0.379 e. The van der Waals surface area contributed by atoms with Gasteiger partial charge in [0.1, 0.15) is 0 Å². The lowest BCUT2D eigenvalue weighted by Gasteiger charge is -2.29. The Bertz CT molecular complexity index is 130. The first kappa shape index (κ1) is 11.0. The number of nitrogens with zero attached hydrogens (tertiary/aromatic N) is 1. The van der Waals surface area contributed by atoms with Gasteiger partial charge in [-0.1, -0.05) is 13.8 Å². The number of ether oxygens (including phenoxy) is 1. The van der Waals surface area contributed by atoms with Crippen molar-refractivity contribution in [2.24, 2.45) is 11.8 Å². The minimum atomic E-state index is 0.582. The smallest absolute Gasteiger partial charge is 0.0594 e. The first-order chi connectivity index (χ1) is 6.18. The standard InChI is InChI=1S/C11H22NO/c1-10(2)8-11(3)9-12-4-6-13-7-5-12/h10-11H,3-9H2,1-2H3. The van der Waals surface area contributed by atoms with Crippen LogP contribution in [0.4, 0.5) is 0 Å². The van der Waals surface area contributed by atoms with Crippen LogP contribution >= 0.6 is 0 Å². The van der Waals surface area contributed by atoms with Gasteiger partial charge in [0.2, 0.25) is 0 Å². The van der Waals surface area contributed by atoms with Crippen molar-refractivity contribution >= 4 is 0 Å². The summed E-state index contributed by atoms with van der Waals surface area (Å²) in [4.78, 5) is 2.46. The zero-order valence-electron chi connectivity index (χ0n) is 8.96. The predicted octanol–water partition coefficient (Wildman–Crippen LogP) is 1.81. The zero-order chi connectivity index (χ0) is 9.68. The normalized spacial score (nSPS) is 22.2. The first-order valence-electron chi connectivity index (χ1n) is 5.31.